The number of hydrogen-bond donors (Lipinski definition) is 4. The lowest BCUT2D eigenvalue weighted by Crippen LogP contribution is -2.47. The maximum Gasteiger partial charge on any atom is 0.336 e. The number of imide groups is 1. The van der Waals surface area contributed by atoms with Crippen molar-refractivity contribution in [3.8, 4) is 5.75 Å². The Bertz CT molecular complexity index is 2080. The molecule has 1 aromatic carbocycles. The van der Waals surface area contributed by atoms with Gasteiger partial charge in [-0.1, -0.05) is 0 Å². The fourth-order valence-electron chi connectivity index (χ4n) is 6.58. The number of rotatable bonds is 24. The van der Waals surface area contributed by atoms with Gasteiger partial charge < -0.3 is 34.8 Å². The number of carboxylic acid groups (broad SMARTS) is 1. The lowest BCUT2D eigenvalue weighted by atomic mass is 9.82. The molecule has 63 heavy (non-hydrogen) atoms. The molecule has 3 rings (SSSR count). The molecule has 2 aromatic rings. The summed E-state index contributed by atoms with van der Waals surface area (Å²) < 4.78 is 46.3. The number of carbonyl (C=O) groups excluding carboxylic acids is 5. The number of carbonyl (C=O) groups is 6. The second-order valence-electron chi connectivity index (χ2n) is 19.5. The highest BCUT2D eigenvalue weighted by molar-refractivity contribution is 7.92. The molecule has 1 fully saturated rings. The molecule has 4 amide bonds. The van der Waals surface area contributed by atoms with Crippen LogP contribution < -0.4 is 20.1 Å². The molecule has 1 saturated heterocycles. The van der Waals surface area contributed by atoms with Crippen LogP contribution in [0.2, 0.25) is 0 Å². The van der Waals surface area contributed by atoms with E-state index in [1.807, 2.05) is 13.8 Å². The molecule has 1 aliphatic heterocycles. The van der Waals surface area contributed by atoms with Crippen LogP contribution in [0.1, 0.15) is 138 Å². The first kappa shape index (κ1) is 52.1. The second-order valence-corrected chi connectivity index (χ2v) is 21.2. The third-order valence-electron chi connectivity index (χ3n) is 9.84. The molecule has 1 aromatic heterocycles. The largest absolute Gasteiger partial charge is 0.488 e. The smallest absolute Gasteiger partial charge is 0.336 e. The number of sulfonamides is 1. The molecule has 0 spiro atoms. The zero-order valence-corrected chi connectivity index (χ0v) is 39.2. The summed E-state index contributed by atoms with van der Waals surface area (Å²) in [4.78, 5) is 86.4. The Hall–Kier alpha value is -5.21. The standard InChI is InChI=1S/C43H64N6O13S/c1-38(2,36(55)56)27-43(11,12)61-29-13-15-30(16-14-29)63(57,58)48-37-44-25-28(26-45-37)35(54)47-40(5,6)20-22-59-41(7,8)23-31(50)46-39(3,4)19-21-60-42(9,10)24-34(53)62-49-32(51)17-18-33(49)52/h13-16,25-26H,17-24,27H2,1-12H3,(H,46,50)(H,47,54)(H,55,56)(H,44,45,48). The second kappa shape index (κ2) is 20.1. The van der Waals surface area contributed by atoms with Gasteiger partial charge in [-0.25, -0.2) is 27.9 Å². The zero-order chi connectivity index (χ0) is 47.8. The van der Waals surface area contributed by atoms with Crippen molar-refractivity contribution < 1.29 is 61.3 Å². The number of aromatic nitrogens is 2. The molecule has 350 valence electrons. The summed E-state index contributed by atoms with van der Waals surface area (Å²) in [6.07, 6.45) is 3.21. The molecular weight excluding hydrogens is 841 g/mol. The van der Waals surface area contributed by atoms with E-state index < -0.39 is 73.0 Å². The van der Waals surface area contributed by atoms with Crippen LogP contribution in [0.4, 0.5) is 5.95 Å². The van der Waals surface area contributed by atoms with Crippen molar-refractivity contribution >= 4 is 51.5 Å². The third-order valence-corrected chi connectivity index (χ3v) is 11.2. The monoisotopic (exact) mass is 904 g/mol. The van der Waals surface area contributed by atoms with E-state index in [0.717, 1.165) is 0 Å². The van der Waals surface area contributed by atoms with Gasteiger partial charge in [-0.2, -0.15) is 0 Å². The van der Waals surface area contributed by atoms with E-state index in [1.54, 1.807) is 69.2 Å². The summed E-state index contributed by atoms with van der Waals surface area (Å²) in [7, 11) is -4.11. The van der Waals surface area contributed by atoms with Crippen LogP contribution in [0.15, 0.2) is 41.6 Å². The van der Waals surface area contributed by atoms with Gasteiger partial charge in [-0.3, -0.25) is 24.0 Å². The Kier molecular flexibility index (Phi) is 16.6. The molecule has 4 N–H and O–H groups in total. The van der Waals surface area contributed by atoms with Gasteiger partial charge in [0.2, 0.25) is 11.9 Å². The number of hydroxylamine groups is 2. The van der Waals surface area contributed by atoms with E-state index in [0.29, 0.717) is 23.7 Å². The fraction of sp³-hybridized carbons (Fsp3) is 0.628. The van der Waals surface area contributed by atoms with Gasteiger partial charge in [0, 0.05) is 55.9 Å². The lowest BCUT2D eigenvalue weighted by Gasteiger charge is -2.32. The molecular formula is C43H64N6O13S. The molecule has 19 nitrogen and oxygen atoms in total. The van der Waals surface area contributed by atoms with Crippen molar-refractivity contribution in [2.75, 3.05) is 17.9 Å². The molecule has 0 bridgehead atoms. The summed E-state index contributed by atoms with van der Waals surface area (Å²) in [5.74, 6) is -3.51. The predicted octanol–water partition coefficient (Wildman–Crippen LogP) is 5.10. The first-order valence-electron chi connectivity index (χ1n) is 20.6. The number of carboxylic acids is 1. The van der Waals surface area contributed by atoms with Crippen molar-refractivity contribution in [3.05, 3.63) is 42.2 Å². The Labute approximate surface area is 369 Å². The normalized spacial score (nSPS) is 14.3. The maximum atomic E-state index is 13.1. The summed E-state index contributed by atoms with van der Waals surface area (Å²) >= 11 is 0. The van der Waals surface area contributed by atoms with Crippen LogP contribution >= 0.6 is 0 Å². The number of nitrogens with zero attached hydrogens (tertiary/aromatic N) is 3. The first-order valence-corrected chi connectivity index (χ1v) is 22.0. The van der Waals surface area contributed by atoms with Crippen LogP contribution in [0.5, 0.6) is 5.75 Å². The first-order chi connectivity index (χ1) is 28.7. The van der Waals surface area contributed by atoms with Crippen LogP contribution in [0.25, 0.3) is 0 Å². The molecule has 0 saturated carbocycles. The molecule has 2 heterocycles. The number of hydrogen-bond acceptors (Lipinski definition) is 14. The number of benzene rings is 1. The van der Waals surface area contributed by atoms with Crippen molar-refractivity contribution in [1.29, 1.82) is 0 Å². The number of ether oxygens (including phenoxy) is 3. The van der Waals surface area contributed by atoms with Crippen LogP contribution in [0, 0.1) is 5.41 Å². The van der Waals surface area contributed by atoms with Gasteiger partial charge in [0.1, 0.15) is 11.4 Å². The van der Waals surface area contributed by atoms with Gasteiger partial charge >= 0.3 is 11.9 Å². The van der Waals surface area contributed by atoms with E-state index in [1.165, 1.54) is 36.7 Å². The number of amides is 4. The number of aliphatic carboxylic acids is 1. The van der Waals surface area contributed by atoms with Crippen LogP contribution in [-0.2, 0) is 48.3 Å². The van der Waals surface area contributed by atoms with Gasteiger partial charge in [-0.05, 0) is 120 Å². The van der Waals surface area contributed by atoms with E-state index in [9.17, 15) is 42.3 Å². The molecule has 0 unspecified atom stereocenters. The van der Waals surface area contributed by atoms with Gasteiger partial charge in [0.05, 0.1) is 39.9 Å². The van der Waals surface area contributed by atoms with Crippen LogP contribution in [-0.4, -0.2) is 105 Å². The zero-order valence-electron chi connectivity index (χ0n) is 38.4. The number of anilines is 1. The van der Waals surface area contributed by atoms with Gasteiger partial charge in [0.15, 0.2) is 0 Å². The molecule has 1 aliphatic rings. The minimum absolute atomic E-state index is 0.0000411. The summed E-state index contributed by atoms with van der Waals surface area (Å²) in [5, 5.41) is 15.9. The van der Waals surface area contributed by atoms with E-state index in [-0.39, 0.29) is 67.6 Å². The molecule has 0 radical (unpaired) electrons. The van der Waals surface area contributed by atoms with Crippen molar-refractivity contribution in [2.24, 2.45) is 5.41 Å². The van der Waals surface area contributed by atoms with Crippen molar-refractivity contribution in [3.63, 3.8) is 0 Å². The predicted molar refractivity (Wildman–Crippen MR) is 229 cm³/mol. The fourth-order valence-corrected chi connectivity index (χ4v) is 7.54. The quantitative estimate of drug-likeness (QED) is 0.100. The highest BCUT2D eigenvalue weighted by Crippen LogP contribution is 2.32. The Morgan fingerprint density at radius 3 is 1.73 bits per heavy atom. The summed E-state index contributed by atoms with van der Waals surface area (Å²) in [6.45, 7) is 21.3. The Morgan fingerprint density at radius 1 is 0.730 bits per heavy atom. The summed E-state index contributed by atoms with van der Waals surface area (Å²) in [6, 6.07) is 5.60. The van der Waals surface area contributed by atoms with Gasteiger partial charge in [0.25, 0.3) is 27.7 Å². The molecule has 0 atom stereocenters. The third kappa shape index (κ3) is 17.1. The van der Waals surface area contributed by atoms with E-state index in [4.69, 9.17) is 19.0 Å². The minimum Gasteiger partial charge on any atom is -0.488 e. The number of nitrogens with one attached hydrogen (secondary N) is 3. The van der Waals surface area contributed by atoms with E-state index >= 15 is 0 Å². The molecule has 20 heteroatoms. The topological polar surface area (TPSA) is 259 Å². The SMILES string of the molecule is CC(C)(CCOC(C)(C)CC(=O)ON1C(=O)CCC1=O)NC(=O)CC(C)(C)OCCC(C)(C)NC(=O)c1cnc(NS(=O)(=O)c2ccc(OC(C)(C)CC(C)(C)C(=O)O)cc2)nc1. The Morgan fingerprint density at radius 2 is 1.22 bits per heavy atom. The average molecular weight is 905 g/mol. The lowest BCUT2D eigenvalue weighted by molar-refractivity contribution is -0.200. The highest BCUT2D eigenvalue weighted by atomic mass is 32.2. The Balaban J connectivity index is 1.43. The minimum atomic E-state index is -4.11. The van der Waals surface area contributed by atoms with Crippen LogP contribution in [0.3, 0.4) is 0 Å². The van der Waals surface area contributed by atoms with Crippen molar-refractivity contribution in [2.45, 2.75) is 161 Å². The van der Waals surface area contributed by atoms with E-state index in [2.05, 4.69) is 25.3 Å². The average Bonchev–Trinajstić information content (AvgIpc) is 3.41. The maximum absolute atomic E-state index is 13.1. The molecule has 0 aliphatic carbocycles. The van der Waals surface area contributed by atoms with Gasteiger partial charge in [-0.15, -0.1) is 5.06 Å². The highest BCUT2D eigenvalue weighted by Gasteiger charge is 2.37. The summed E-state index contributed by atoms with van der Waals surface area (Å²) in [5.41, 5.74) is -5.06. The van der Waals surface area contributed by atoms with Crippen molar-refractivity contribution in [1.82, 2.24) is 25.7 Å².